The van der Waals surface area contributed by atoms with Gasteiger partial charge in [0.15, 0.2) is 0 Å². The normalized spacial score (nSPS) is 22.1. The number of benzene rings is 1. The fourth-order valence-corrected chi connectivity index (χ4v) is 3.98. The van der Waals surface area contributed by atoms with Gasteiger partial charge in [-0.2, -0.15) is 0 Å². The third kappa shape index (κ3) is 4.28. The van der Waals surface area contributed by atoms with Crippen LogP contribution in [0.3, 0.4) is 0 Å². The molecule has 0 amide bonds. The minimum absolute atomic E-state index is 0.132. The third-order valence-corrected chi connectivity index (χ3v) is 5.59. The zero-order chi connectivity index (χ0) is 20.2. The molecule has 0 unspecified atom stereocenters. The van der Waals surface area contributed by atoms with Gasteiger partial charge in [0, 0.05) is 25.5 Å². The van der Waals surface area contributed by atoms with Crippen molar-refractivity contribution in [3.8, 4) is 11.8 Å². The molecule has 1 aliphatic carbocycles. The Labute approximate surface area is 175 Å². The van der Waals surface area contributed by atoms with E-state index in [2.05, 4.69) is 19.9 Å². The van der Waals surface area contributed by atoms with Crippen LogP contribution in [-0.2, 0) is 4.74 Å². The molecule has 2 fully saturated rings. The lowest BCUT2D eigenvalue weighted by atomic mass is 9.95. The summed E-state index contributed by atoms with van der Waals surface area (Å²) in [6.07, 6.45) is 9.18. The summed E-state index contributed by atoms with van der Waals surface area (Å²) in [6, 6.07) is 8.17. The Balaban J connectivity index is 1.26. The number of rotatable bonds is 5. The molecule has 3 heterocycles. The van der Waals surface area contributed by atoms with Gasteiger partial charge >= 0.3 is 6.01 Å². The third-order valence-electron chi connectivity index (χ3n) is 5.59. The summed E-state index contributed by atoms with van der Waals surface area (Å²) < 4.78 is 17.7. The van der Waals surface area contributed by atoms with Crippen LogP contribution in [0, 0.1) is 0 Å². The summed E-state index contributed by atoms with van der Waals surface area (Å²) in [4.78, 5) is 20.0. The number of nitrogens with zero attached hydrogens (tertiary/aromatic N) is 5. The van der Waals surface area contributed by atoms with Crippen molar-refractivity contribution in [3.05, 3.63) is 42.9 Å². The van der Waals surface area contributed by atoms with Crippen LogP contribution in [0.25, 0.3) is 11.0 Å². The second kappa shape index (κ2) is 8.79. The Morgan fingerprint density at radius 2 is 1.60 bits per heavy atom. The Bertz CT molecular complexity index is 973. The van der Waals surface area contributed by atoms with Crippen LogP contribution in [-0.4, -0.2) is 58.4 Å². The van der Waals surface area contributed by atoms with Gasteiger partial charge in [-0.25, -0.2) is 15.0 Å². The summed E-state index contributed by atoms with van der Waals surface area (Å²) in [7, 11) is 0. The van der Waals surface area contributed by atoms with Crippen LogP contribution >= 0.6 is 0 Å². The molecule has 156 valence electrons. The SMILES string of the molecule is c1cnc(OC2CCC(Oc3cccc4ncc(N5CCOCC5)nc34)CC2)nc1. The second-order valence-corrected chi connectivity index (χ2v) is 7.62. The number of hydrogen-bond acceptors (Lipinski definition) is 8. The first-order valence-electron chi connectivity index (χ1n) is 10.5. The number of fused-ring (bicyclic) bond motifs is 1. The van der Waals surface area contributed by atoms with Gasteiger partial charge in [-0.05, 0) is 43.9 Å². The summed E-state index contributed by atoms with van der Waals surface area (Å²) in [5.41, 5.74) is 1.67. The van der Waals surface area contributed by atoms with Gasteiger partial charge in [-0.15, -0.1) is 0 Å². The zero-order valence-corrected chi connectivity index (χ0v) is 16.8. The van der Waals surface area contributed by atoms with Crippen LogP contribution < -0.4 is 14.4 Å². The van der Waals surface area contributed by atoms with Crippen molar-refractivity contribution in [2.45, 2.75) is 37.9 Å². The van der Waals surface area contributed by atoms with Crippen LogP contribution in [0.2, 0.25) is 0 Å². The molecule has 0 N–H and O–H groups in total. The zero-order valence-electron chi connectivity index (χ0n) is 16.8. The molecule has 1 aliphatic heterocycles. The maximum atomic E-state index is 6.38. The molecular formula is C22H25N5O3. The molecule has 8 heteroatoms. The number of hydrogen-bond donors (Lipinski definition) is 0. The van der Waals surface area contributed by atoms with E-state index in [9.17, 15) is 0 Å². The minimum atomic E-state index is 0.132. The standard InChI is InChI=1S/C22H25N5O3/c1-3-18-21(26-20(15-25-18)27-11-13-28-14-12-27)19(4-1)29-16-5-7-17(8-6-16)30-22-23-9-2-10-24-22/h1-4,9-10,15-17H,5-8,11-14H2. The maximum absolute atomic E-state index is 6.38. The average Bonchev–Trinajstić information content (AvgIpc) is 2.82. The highest BCUT2D eigenvalue weighted by atomic mass is 16.5. The van der Waals surface area contributed by atoms with E-state index in [1.54, 1.807) is 18.5 Å². The van der Waals surface area contributed by atoms with Crippen molar-refractivity contribution in [1.82, 2.24) is 19.9 Å². The predicted molar refractivity (Wildman–Crippen MR) is 112 cm³/mol. The number of aromatic nitrogens is 4. The van der Waals surface area contributed by atoms with Gasteiger partial charge in [0.2, 0.25) is 0 Å². The lowest BCUT2D eigenvalue weighted by Gasteiger charge is -2.29. The fraction of sp³-hybridized carbons (Fsp3) is 0.455. The number of ether oxygens (including phenoxy) is 3. The van der Waals surface area contributed by atoms with Crippen LogP contribution in [0.1, 0.15) is 25.7 Å². The van der Waals surface area contributed by atoms with Crippen molar-refractivity contribution in [3.63, 3.8) is 0 Å². The van der Waals surface area contributed by atoms with Gasteiger partial charge in [0.25, 0.3) is 0 Å². The van der Waals surface area contributed by atoms with Crippen molar-refractivity contribution >= 4 is 16.9 Å². The summed E-state index contributed by atoms with van der Waals surface area (Å²) in [5, 5.41) is 0. The van der Waals surface area contributed by atoms with Gasteiger partial charge in [-0.3, -0.25) is 4.98 Å². The Hall–Kier alpha value is -3.00. The highest BCUT2D eigenvalue weighted by molar-refractivity contribution is 5.82. The predicted octanol–water partition coefficient (Wildman–Crippen LogP) is 3.03. The molecule has 0 atom stereocenters. The quantitative estimate of drug-likeness (QED) is 0.638. The monoisotopic (exact) mass is 407 g/mol. The van der Waals surface area contributed by atoms with E-state index in [0.29, 0.717) is 6.01 Å². The van der Waals surface area contributed by atoms with Crippen molar-refractivity contribution in [2.75, 3.05) is 31.2 Å². The summed E-state index contributed by atoms with van der Waals surface area (Å²) >= 11 is 0. The minimum Gasteiger partial charge on any atom is -0.488 e. The lowest BCUT2D eigenvalue weighted by Crippen LogP contribution is -2.36. The fourth-order valence-electron chi connectivity index (χ4n) is 3.98. The van der Waals surface area contributed by atoms with Gasteiger partial charge in [0.1, 0.15) is 23.2 Å². The highest BCUT2D eigenvalue weighted by Gasteiger charge is 2.25. The number of para-hydroxylation sites is 1. The molecule has 1 aromatic carbocycles. The molecule has 1 saturated heterocycles. The van der Waals surface area contributed by atoms with E-state index in [1.807, 2.05) is 24.4 Å². The molecule has 2 aliphatic rings. The van der Waals surface area contributed by atoms with E-state index in [1.165, 1.54) is 0 Å². The molecular weight excluding hydrogens is 382 g/mol. The molecule has 5 rings (SSSR count). The molecule has 0 radical (unpaired) electrons. The van der Waals surface area contributed by atoms with Gasteiger partial charge < -0.3 is 19.1 Å². The number of anilines is 1. The van der Waals surface area contributed by atoms with E-state index in [0.717, 1.165) is 74.6 Å². The molecule has 8 nitrogen and oxygen atoms in total. The van der Waals surface area contributed by atoms with Gasteiger partial charge in [0.05, 0.1) is 31.0 Å². The molecule has 3 aromatic rings. The van der Waals surface area contributed by atoms with Crippen LogP contribution in [0.15, 0.2) is 42.9 Å². The van der Waals surface area contributed by atoms with E-state index in [-0.39, 0.29) is 12.2 Å². The maximum Gasteiger partial charge on any atom is 0.316 e. The summed E-state index contributed by atoms with van der Waals surface area (Å²) in [5.74, 6) is 1.67. The van der Waals surface area contributed by atoms with Gasteiger partial charge in [-0.1, -0.05) is 6.07 Å². The van der Waals surface area contributed by atoms with Crippen molar-refractivity contribution in [2.24, 2.45) is 0 Å². The Kier molecular flexibility index (Phi) is 5.56. The first-order chi connectivity index (χ1) is 14.8. The largest absolute Gasteiger partial charge is 0.488 e. The second-order valence-electron chi connectivity index (χ2n) is 7.62. The Morgan fingerprint density at radius 1 is 0.867 bits per heavy atom. The molecule has 1 saturated carbocycles. The van der Waals surface area contributed by atoms with Crippen LogP contribution in [0.4, 0.5) is 5.82 Å². The number of morpholine rings is 1. The topological polar surface area (TPSA) is 82.5 Å². The summed E-state index contributed by atoms with van der Waals surface area (Å²) in [6.45, 7) is 3.10. The van der Waals surface area contributed by atoms with E-state index < -0.39 is 0 Å². The molecule has 0 spiro atoms. The first kappa shape index (κ1) is 19.0. The van der Waals surface area contributed by atoms with Crippen molar-refractivity contribution < 1.29 is 14.2 Å². The highest BCUT2D eigenvalue weighted by Crippen LogP contribution is 2.30. The first-order valence-corrected chi connectivity index (χ1v) is 10.5. The van der Waals surface area contributed by atoms with Crippen LogP contribution in [0.5, 0.6) is 11.8 Å². The van der Waals surface area contributed by atoms with E-state index in [4.69, 9.17) is 19.2 Å². The van der Waals surface area contributed by atoms with E-state index >= 15 is 0 Å². The van der Waals surface area contributed by atoms with Crippen molar-refractivity contribution in [1.29, 1.82) is 0 Å². The smallest absolute Gasteiger partial charge is 0.316 e. The lowest BCUT2D eigenvalue weighted by molar-refractivity contribution is 0.0757. The Morgan fingerprint density at radius 3 is 2.37 bits per heavy atom. The molecule has 2 aromatic heterocycles. The molecule has 0 bridgehead atoms. The molecule has 30 heavy (non-hydrogen) atoms. The average molecular weight is 407 g/mol.